The number of nitrogens with two attached hydrogens (primary N) is 1. The number of hydrogen-bond acceptors (Lipinski definition) is 4. The molecular formula is C15H11ClFN3O. The third-order valence-electron chi connectivity index (χ3n) is 2.97. The average molecular weight is 304 g/mol. The summed E-state index contributed by atoms with van der Waals surface area (Å²) in [4.78, 5) is 4.26. The lowest BCUT2D eigenvalue weighted by molar-refractivity contribution is 0.432. The van der Waals surface area contributed by atoms with E-state index in [1.54, 1.807) is 31.2 Å². The maximum atomic E-state index is 13.4. The Morgan fingerprint density at radius 2 is 2.00 bits per heavy atom. The molecule has 0 saturated carbocycles. The van der Waals surface area contributed by atoms with Gasteiger partial charge in [-0.05, 0) is 48.9 Å². The largest absolute Gasteiger partial charge is 0.398 e. The number of aryl methyl sites for hydroxylation is 1. The van der Waals surface area contributed by atoms with Crippen LogP contribution in [0.5, 0.6) is 0 Å². The van der Waals surface area contributed by atoms with Crippen LogP contribution in [0.25, 0.3) is 22.8 Å². The molecule has 0 radical (unpaired) electrons. The Hall–Kier alpha value is -2.40. The summed E-state index contributed by atoms with van der Waals surface area (Å²) in [6, 6.07) is 9.56. The van der Waals surface area contributed by atoms with Crippen LogP contribution in [0.4, 0.5) is 10.1 Å². The van der Waals surface area contributed by atoms with Crippen LogP contribution >= 0.6 is 11.6 Å². The van der Waals surface area contributed by atoms with E-state index in [0.717, 1.165) is 5.56 Å². The van der Waals surface area contributed by atoms with Gasteiger partial charge in [-0.1, -0.05) is 16.8 Å². The molecule has 0 spiro atoms. The van der Waals surface area contributed by atoms with E-state index in [4.69, 9.17) is 21.9 Å². The molecule has 0 aliphatic carbocycles. The van der Waals surface area contributed by atoms with Crippen molar-refractivity contribution in [3.8, 4) is 22.8 Å². The molecule has 0 aliphatic rings. The standard InChI is InChI=1S/C15H11ClFN3O/c1-8-4-9(6-11(17)5-8)14-19-15(21-20-14)12-3-2-10(16)7-13(12)18/h2-7H,18H2,1H3. The molecule has 6 heteroatoms. The third-order valence-corrected chi connectivity index (χ3v) is 3.21. The van der Waals surface area contributed by atoms with Gasteiger partial charge in [0.25, 0.3) is 5.89 Å². The SMILES string of the molecule is Cc1cc(F)cc(-c2noc(-c3ccc(Cl)cc3N)n2)c1. The first-order chi connectivity index (χ1) is 10.0. The molecule has 3 aromatic rings. The molecule has 0 bridgehead atoms. The molecule has 0 saturated heterocycles. The average Bonchev–Trinajstić information content (AvgIpc) is 2.87. The van der Waals surface area contributed by atoms with Crippen molar-refractivity contribution in [2.45, 2.75) is 6.92 Å². The highest BCUT2D eigenvalue weighted by Gasteiger charge is 2.14. The quantitative estimate of drug-likeness (QED) is 0.724. The van der Waals surface area contributed by atoms with E-state index in [1.165, 1.54) is 12.1 Å². The lowest BCUT2D eigenvalue weighted by Gasteiger charge is -2.00. The van der Waals surface area contributed by atoms with Gasteiger partial charge in [0.15, 0.2) is 0 Å². The van der Waals surface area contributed by atoms with Gasteiger partial charge in [-0.15, -0.1) is 0 Å². The van der Waals surface area contributed by atoms with Crippen molar-refractivity contribution < 1.29 is 8.91 Å². The van der Waals surface area contributed by atoms with Crippen LogP contribution in [0.3, 0.4) is 0 Å². The zero-order chi connectivity index (χ0) is 15.0. The van der Waals surface area contributed by atoms with Crippen LogP contribution in [0, 0.1) is 12.7 Å². The summed E-state index contributed by atoms with van der Waals surface area (Å²) in [7, 11) is 0. The number of benzene rings is 2. The molecule has 106 valence electrons. The zero-order valence-electron chi connectivity index (χ0n) is 11.1. The van der Waals surface area contributed by atoms with Crippen molar-refractivity contribution >= 4 is 17.3 Å². The lowest BCUT2D eigenvalue weighted by atomic mass is 10.1. The Kier molecular flexibility index (Phi) is 3.35. The maximum Gasteiger partial charge on any atom is 0.260 e. The van der Waals surface area contributed by atoms with Crippen molar-refractivity contribution in [2.24, 2.45) is 0 Å². The van der Waals surface area contributed by atoms with Gasteiger partial charge in [0.1, 0.15) is 5.82 Å². The fraction of sp³-hybridized carbons (Fsp3) is 0.0667. The van der Waals surface area contributed by atoms with E-state index in [9.17, 15) is 4.39 Å². The minimum Gasteiger partial charge on any atom is -0.398 e. The Labute approximate surface area is 125 Å². The second-order valence-corrected chi connectivity index (χ2v) is 5.11. The topological polar surface area (TPSA) is 64.9 Å². The highest BCUT2D eigenvalue weighted by Crippen LogP contribution is 2.29. The smallest absolute Gasteiger partial charge is 0.260 e. The van der Waals surface area contributed by atoms with Crippen molar-refractivity contribution in [3.63, 3.8) is 0 Å². The lowest BCUT2D eigenvalue weighted by Crippen LogP contribution is -1.90. The summed E-state index contributed by atoms with van der Waals surface area (Å²) < 4.78 is 18.6. The minimum atomic E-state index is -0.345. The molecule has 21 heavy (non-hydrogen) atoms. The fourth-order valence-electron chi connectivity index (χ4n) is 2.04. The molecule has 2 N–H and O–H groups in total. The van der Waals surface area contributed by atoms with E-state index in [0.29, 0.717) is 27.7 Å². The number of halogens is 2. The molecular weight excluding hydrogens is 293 g/mol. The van der Waals surface area contributed by atoms with Crippen molar-refractivity contribution in [3.05, 3.63) is 52.8 Å². The predicted molar refractivity (Wildman–Crippen MR) is 79.3 cm³/mol. The molecule has 0 amide bonds. The van der Waals surface area contributed by atoms with E-state index >= 15 is 0 Å². The van der Waals surface area contributed by atoms with Crippen molar-refractivity contribution in [1.82, 2.24) is 10.1 Å². The number of anilines is 1. The van der Waals surface area contributed by atoms with Crippen LogP contribution in [-0.4, -0.2) is 10.1 Å². The second-order valence-electron chi connectivity index (χ2n) is 4.67. The van der Waals surface area contributed by atoms with Gasteiger partial charge in [0, 0.05) is 16.3 Å². The third kappa shape index (κ3) is 2.73. The first-order valence-corrected chi connectivity index (χ1v) is 6.57. The highest BCUT2D eigenvalue weighted by molar-refractivity contribution is 6.31. The summed E-state index contributed by atoms with van der Waals surface area (Å²) in [5.41, 5.74) is 8.24. The van der Waals surface area contributed by atoms with Crippen LogP contribution in [0.2, 0.25) is 5.02 Å². The van der Waals surface area contributed by atoms with Gasteiger partial charge >= 0.3 is 0 Å². The monoisotopic (exact) mass is 303 g/mol. The number of hydrogen-bond donors (Lipinski definition) is 1. The van der Waals surface area contributed by atoms with Crippen LogP contribution in [-0.2, 0) is 0 Å². The number of nitrogen functional groups attached to an aromatic ring is 1. The van der Waals surface area contributed by atoms with Gasteiger partial charge in [-0.25, -0.2) is 4.39 Å². The van der Waals surface area contributed by atoms with Gasteiger partial charge in [0.2, 0.25) is 5.82 Å². The van der Waals surface area contributed by atoms with Crippen molar-refractivity contribution in [1.29, 1.82) is 0 Å². The Morgan fingerprint density at radius 3 is 2.71 bits per heavy atom. The van der Waals surface area contributed by atoms with Crippen LogP contribution in [0.1, 0.15) is 5.56 Å². The molecule has 0 fully saturated rings. The van der Waals surface area contributed by atoms with Crippen LogP contribution < -0.4 is 5.73 Å². The normalized spacial score (nSPS) is 10.8. The number of aromatic nitrogens is 2. The summed E-state index contributed by atoms with van der Waals surface area (Å²) in [6.45, 7) is 1.80. The van der Waals surface area contributed by atoms with E-state index < -0.39 is 0 Å². The second kappa shape index (κ2) is 5.18. The minimum absolute atomic E-state index is 0.265. The zero-order valence-corrected chi connectivity index (χ0v) is 11.9. The van der Waals surface area contributed by atoms with Gasteiger partial charge in [-0.3, -0.25) is 0 Å². The summed E-state index contributed by atoms with van der Waals surface area (Å²) in [6.07, 6.45) is 0. The Bertz CT molecular complexity index is 796. The Balaban J connectivity index is 2.03. The molecule has 2 aromatic carbocycles. The van der Waals surface area contributed by atoms with Gasteiger partial charge in [-0.2, -0.15) is 4.98 Å². The van der Waals surface area contributed by atoms with E-state index in [-0.39, 0.29) is 11.7 Å². The summed E-state index contributed by atoms with van der Waals surface area (Å²) >= 11 is 5.85. The molecule has 1 aromatic heterocycles. The van der Waals surface area contributed by atoms with E-state index in [1.807, 2.05) is 0 Å². The summed E-state index contributed by atoms with van der Waals surface area (Å²) in [5.74, 6) is 0.227. The first-order valence-electron chi connectivity index (χ1n) is 6.19. The van der Waals surface area contributed by atoms with Gasteiger partial charge < -0.3 is 10.3 Å². The maximum absolute atomic E-state index is 13.4. The number of nitrogens with zero attached hydrogens (tertiary/aromatic N) is 2. The van der Waals surface area contributed by atoms with Crippen LogP contribution in [0.15, 0.2) is 40.9 Å². The molecule has 0 atom stereocenters. The molecule has 0 unspecified atom stereocenters. The predicted octanol–water partition coefficient (Wildman–Crippen LogP) is 4.09. The Morgan fingerprint density at radius 1 is 1.19 bits per heavy atom. The number of rotatable bonds is 2. The van der Waals surface area contributed by atoms with E-state index in [2.05, 4.69) is 10.1 Å². The fourth-order valence-corrected chi connectivity index (χ4v) is 2.22. The highest BCUT2D eigenvalue weighted by atomic mass is 35.5. The summed E-state index contributed by atoms with van der Waals surface area (Å²) in [5, 5.41) is 4.39. The van der Waals surface area contributed by atoms with Gasteiger partial charge in [0.05, 0.1) is 5.56 Å². The molecule has 4 nitrogen and oxygen atoms in total. The van der Waals surface area contributed by atoms with Crippen molar-refractivity contribution in [2.75, 3.05) is 5.73 Å². The molecule has 1 heterocycles. The molecule has 0 aliphatic heterocycles. The molecule has 3 rings (SSSR count). The first kappa shape index (κ1) is 13.6.